The van der Waals surface area contributed by atoms with Gasteiger partial charge >= 0.3 is 0 Å². The minimum atomic E-state index is -0.996. The van der Waals surface area contributed by atoms with Crippen molar-refractivity contribution >= 4 is 29.9 Å². The van der Waals surface area contributed by atoms with E-state index in [0.29, 0.717) is 6.54 Å². The highest BCUT2D eigenvalue weighted by Gasteiger charge is 2.22. The van der Waals surface area contributed by atoms with Crippen LogP contribution in [0.1, 0.15) is 31.4 Å². The van der Waals surface area contributed by atoms with Crippen LogP contribution in [0.15, 0.2) is 59.6 Å². The van der Waals surface area contributed by atoms with Crippen LogP contribution in [0.2, 0.25) is 0 Å². The summed E-state index contributed by atoms with van der Waals surface area (Å²) < 4.78 is 5.26. The number of nitrogens with one attached hydrogen (secondary N) is 2. The molecule has 0 heterocycles. The molecule has 0 bridgehead atoms. The van der Waals surface area contributed by atoms with Gasteiger partial charge in [-0.05, 0) is 49.9 Å². The third-order valence-electron chi connectivity index (χ3n) is 4.35. The minimum Gasteiger partial charge on any atom is -0.497 e. The Morgan fingerprint density at radius 3 is 2.54 bits per heavy atom. The quantitative estimate of drug-likeness (QED) is 0.214. The van der Waals surface area contributed by atoms with Crippen molar-refractivity contribution in [2.75, 3.05) is 26.7 Å². The van der Waals surface area contributed by atoms with Crippen molar-refractivity contribution in [3.8, 4) is 5.75 Å². The van der Waals surface area contributed by atoms with E-state index in [-0.39, 0.29) is 24.0 Å². The van der Waals surface area contributed by atoms with Crippen LogP contribution in [0.25, 0.3) is 0 Å². The molecule has 0 fully saturated rings. The average molecular weight is 497 g/mol. The number of methoxy groups -OCH3 is 1. The standard InChI is InChI=1S/C22H31N3O2.HI/c1-4-23-21(25-17-22(2,26)19-12-6-5-7-13-19)24-15-9-11-18-10-8-14-20(16-18)27-3;/h5-8,10,12-14,16,26H,4,9,11,15,17H2,1-3H3,(H2,23,24,25);1H. The summed E-state index contributed by atoms with van der Waals surface area (Å²) in [5, 5.41) is 17.3. The van der Waals surface area contributed by atoms with Gasteiger partial charge in [0.1, 0.15) is 11.4 Å². The Balaban J connectivity index is 0.00000392. The Hall–Kier alpha value is -1.80. The number of benzene rings is 2. The Labute approximate surface area is 185 Å². The number of ether oxygens (including phenoxy) is 1. The van der Waals surface area contributed by atoms with Crippen LogP contribution >= 0.6 is 24.0 Å². The molecule has 0 aliphatic heterocycles. The van der Waals surface area contributed by atoms with E-state index < -0.39 is 5.60 Å². The maximum Gasteiger partial charge on any atom is 0.191 e. The minimum absolute atomic E-state index is 0. The van der Waals surface area contributed by atoms with Crippen LogP contribution in [-0.4, -0.2) is 37.8 Å². The molecule has 0 aliphatic rings. The summed E-state index contributed by atoms with van der Waals surface area (Å²) >= 11 is 0. The summed E-state index contributed by atoms with van der Waals surface area (Å²) in [6.45, 7) is 5.69. The van der Waals surface area contributed by atoms with Crippen molar-refractivity contribution in [3.63, 3.8) is 0 Å². The molecule has 0 saturated carbocycles. The molecule has 28 heavy (non-hydrogen) atoms. The SMILES string of the molecule is CCNC(=NCC(C)(O)c1ccccc1)NCCCc1cccc(OC)c1.I. The smallest absolute Gasteiger partial charge is 0.191 e. The summed E-state index contributed by atoms with van der Waals surface area (Å²) in [6, 6.07) is 17.8. The Bertz CT molecular complexity index is 721. The number of rotatable bonds is 9. The summed E-state index contributed by atoms with van der Waals surface area (Å²) in [4.78, 5) is 4.56. The lowest BCUT2D eigenvalue weighted by Gasteiger charge is -2.22. The van der Waals surface area contributed by atoms with Crippen molar-refractivity contribution < 1.29 is 9.84 Å². The molecule has 3 N–H and O–H groups in total. The first kappa shape index (κ1) is 24.2. The van der Waals surface area contributed by atoms with Gasteiger partial charge in [-0.3, -0.25) is 0 Å². The third kappa shape index (κ3) is 8.06. The van der Waals surface area contributed by atoms with E-state index in [1.165, 1.54) is 5.56 Å². The number of guanidine groups is 1. The van der Waals surface area contributed by atoms with E-state index in [4.69, 9.17) is 4.74 Å². The zero-order valence-electron chi connectivity index (χ0n) is 16.9. The maximum atomic E-state index is 10.7. The summed E-state index contributed by atoms with van der Waals surface area (Å²) in [5.41, 5.74) is 1.12. The monoisotopic (exact) mass is 497 g/mol. The predicted molar refractivity (Wildman–Crippen MR) is 127 cm³/mol. The second kappa shape index (κ2) is 12.6. The average Bonchev–Trinajstić information content (AvgIpc) is 2.70. The molecule has 6 heteroatoms. The van der Waals surface area contributed by atoms with Gasteiger partial charge in [0.05, 0.1) is 13.7 Å². The van der Waals surface area contributed by atoms with E-state index in [1.54, 1.807) is 14.0 Å². The topological polar surface area (TPSA) is 65.9 Å². The van der Waals surface area contributed by atoms with Gasteiger partial charge in [0.25, 0.3) is 0 Å². The molecule has 0 radical (unpaired) electrons. The number of nitrogens with zero attached hydrogens (tertiary/aromatic N) is 1. The van der Waals surface area contributed by atoms with Crippen molar-refractivity contribution in [3.05, 3.63) is 65.7 Å². The third-order valence-corrected chi connectivity index (χ3v) is 4.35. The molecule has 2 aromatic rings. The zero-order valence-corrected chi connectivity index (χ0v) is 19.3. The Morgan fingerprint density at radius 2 is 1.86 bits per heavy atom. The second-order valence-electron chi connectivity index (χ2n) is 6.72. The molecular weight excluding hydrogens is 465 g/mol. The summed E-state index contributed by atoms with van der Waals surface area (Å²) in [6.07, 6.45) is 1.94. The zero-order chi connectivity index (χ0) is 19.5. The lowest BCUT2D eigenvalue weighted by Crippen LogP contribution is -2.39. The molecule has 0 aromatic heterocycles. The number of hydrogen-bond donors (Lipinski definition) is 3. The fraction of sp³-hybridized carbons (Fsp3) is 0.409. The van der Waals surface area contributed by atoms with Gasteiger partial charge in [-0.1, -0.05) is 42.5 Å². The normalized spacial score (nSPS) is 13.2. The van der Waals surface area contributed by atoms with E-state index in [1.807, 2.05) is 49.4 Å². The number of aryl methyl sites for hydroxylation is 1. The molecule has 0 amide bonds. The largest absolute Gasteiger partial charge is 0.497 e. The van der Waals surface area contributed by atoms with Gasteiger partial charge in [-0.25, -0.2) is 4.99 Å². The molecule has 2 aromatic carbocycles. The molecule has 154 valence electrons. The summed E-state index contributed by atoms with van der Waals surface area (Å²) in [7, 11) is 1.68. The molecule has 2 rings (SSSR count). The Kier molecular flexibility index (Phi) is 10.9. The number of halogens is 1. The van der Waals surface area contributed by atoms with Crippen LogP contribution in [0.5, 0.6) is 5.75 Å². The van der Waals surface area contributed by atoms with Crippen molar-refractivity contribution in [1.29, 1.82) is 0 Å². The first-order valence-electron chi connectivity index (χ1n) is 9.48. The van der Waals surface area contributed by atoms with Crippen LogP contribution in [-0.2, 0) is 12.0 Å². The lowest BCUT2D eigenvalue weighted by atomic mass is 9.96. The molecule has 0 saturated heterocycles. The van der Waals surface area contributed by atoms with E-state index in [0.717, 1.165) is 43.2 Å². The molecule has 1 unspecified atom stereocenters. The van der Waals surface area contributed by atoms with Crippen LogP contribution in [0.4, 0.5) is 0 Å². The Morgan fingerprint density at radius 1 is 1.11 bits per heavy atom. The lowest BCUT2D eigenvalue weighted by molar-refractivity contribution is 0.0672. The number of aliphatic hydroxyl groups is 1. The molecular formula is C22H32IN3O2. The van der Waals surface area contributed by atoms with Gasteiger partial charge in [0.2, 0.25) is 0 Å². The van der Waals surface area contributed by atoms with Crippen LogP contribution < -0.4 is 15.4 Å². The molecule has 5 nitrogen and oxygen atoms in total. The van der Waals surface area contributed by atoms with Gasteiger partial charge in [0, 0.05) is 13.1 Å². The summed E-state index contributed by atoms with van der Waals surface area (Å²) in [5.74, 6) is 1.61. The van der Waals surface area contributed by atoms with Gasteiger partial charge in [0.15, 0.2) is 5.96 Å². The van der Waals surface area contributed by atoms with Crippen LogP contribution in [0.3, 0.4) is 0 Å². The second-order valence-corrected chi connectivity index (χ2v) is 6.72. The highest BCUT2D eigenvalue weighted by Crippen LogP contribution is 2.20. The van der Waals surface area contributed by atoms with Gasteiger partial charge in [-0.15, -0.1) is 24.0 Å². The highest BCUT2D eigenvalue weighted by atomic mass is 127. The number of hydrogen-bond acceptors (Lipinski definition) is 3. The van der Waals surface area contributed by atoms with Crippen molar-refractivity contribution in [2.24, 2.45) is 4.99 Å². The van der Waals surface area contributed by atoms with Gasteiger partial charge < -0.3 is 20.5 Å². The highest BCUT2D eigenvalue weighted by molar-refractivity contribution is 14.0. The fourth-order valence-electron chi connectivity index (χ4n) is 2.79. The first-order chi connectivity index (χ1) is 13.0. The molecule has 0 spiro atoms. The molecule has 0 aliphatic carbocycles. The van der Waals surface area contributed by atoms with Crippen molar-refractivity contribution in [1.82, 2.24) is 10.6 Å². The fourth-order valence-corrected chi connectivity index (χ4v) is 2.79. The number of aliphatic imine (C=N–C) groups is 1. The van der Waals surface area contributed by atoms with Gasteiger partial charge in [-0.2, -0.15) is 0 Å². The van der Waals surface area contributed by atoms with E-state index in [2.05, 4.69) is 27.8 Å². The van der Waals surface area contributed by atoms with Crippen molar-refractivity contribution in [2.45, 2.75) is 32.3 Å². The van der Waals surface area contributed by atoms with Crippen LogP contribution in [0, 0.1) is 0 Å². The predicted octanol–water partition coefficient (Wildman–Crippen LogP) is 3.71. The van der Waals surface area contributed by atoms with E-state index in [9.17, 15) is 5.11 Å². The maximum absolute atomic E-state index is 10.7. The molecule has 1 atom stereocenters. The first-order valence-corrected chi connectivity index (χ1v) is 9.48. The van der Waals surface area contributed by atoms with E-state index >= 15 is 0 Å².